The molecule has 0 aromatic heterocycles. The number of anilines is 1. The standard InChI is InChI=1S/C16H22N2O3/c1-5-16(2,3)17(4)15(21)18-9-8-11-6-7-12(14(19)20)10-13(11)18/h6-7,10H,5,8-9H2,1-4H3,(H,19,20). The number of amides is 2. The smallest absolute Gasteiger partial charge is 0.335 e. The molecule has 1 aromatic carbocycles. The zero-order valence-corrected chi connectivity index (χ0v) is 13.0. The number of urea groups is 1. The highest BCUT2D eigenvalue weighted by molar-refractivity contribution is 5.97. The molecule has 1 aliphatic heterocycles. The van der Waals surface area contributed by atoms with Crippen LogP contribution in [0.1, 0.15) is 43.1 Å². The Labute approximate surface area is 125 Å². The van der Waals surface area contributed by atoms with Crippen molar-refractivity contribution in [1.29, 1.82) is 0 Å². The molecule has 21 heavy (non-hydrogen) atoms. The summed E-state index contributed by atoms with van der Waals surface area (Å²) in [5.74, 6) is -0.973. The normalized spacial score (nSPS) is 14.0. The molecule has 1 N–H and O–H groups in total. The summed E-state index contributed by atoms with van der Waals surface area (Å²) in [7, 11) is 1.80. The lowest BCUT2D eigenvalue weighted by Gasteiger charge is -2.37. The maximum atomic E-state index is 12.7. The van der Waals surface area contributed by atoms with Gasteiger partial charge in [0, 0.05) is 24.8 Å². The minimum atomic E-state index is -0.973. The van der Waals surface area contributed by atoms with E-state index in [9.17, 15) is 9.59 Å². The second-order valence-electron chi connectivity index (χ2n) is 6.06. The van der Waals surface area contributed by atoms with E-state index in [2.05, 4.69) is 0 Å². The number of carbonyl (C=O) groups is 2. The molecular weight excluding hydrogens is 268 g/mol. The zero-order valence-electron chi connectivity index (χ0n) is 13.0. The quantitative estimate of drug-likeness (QED) is 0.931. The number of carboxylic acids is 1. The summed E-state index contributed by atoms with van der Waals surface area (Å²) in [5.41, 5.74) is 1.73. The molecule has 1 aromatic rings. The molecular formula is C16H22N2O3. The second-order valence-corrected chi connectivity index (χ2v) is 6.06. The predicted molar refractivity (Wildman–Crippen MR) is 82.0 cm³/mol. The third-order valence-electron chi connectivity index (χ3n) is 4.52. The molecule has 0 spiro atoms. The second kappa shape index (κ2) is 5.39. The number of aromatic carboxylic acids is 1. The highest BCUT2D eigenvalue weighted by atomic mass is 16.4. The molecule has 2 rings (SSSR count). The number of fused-ring (bicyclic) bond motifs is 1. The van der Waals surface area contributed by atoms with Crippen LogP contribution >= 0.6 is 0 Å². The summed E-state index contributed by atoms with van der Waals surface area (Å²) in [6, 6.07) is 4.91. The van der Waals surface area contributed by atoms with Crippen molar-refractivity contribution >= 4 is 17.7 Å². The predicted octanol–water partition coefficient (Wildman–Crippen LogP) is 2.99. The lowest BCUT2D eigenvalue weighted by atomic mass is 10.0. The fourth-order valence-electron chi connectivity index (χ4n) is 2.39. The van der Waals surface area contributed by atoms with E-state index >= 15 is 0 Å². The van der Waals surface area contributed by atoms with Crippen LogP contribution in [0, 0.1) is 0 Å². The van der Waals surface area contributed by atoms with Crippen molar-refractivity contribution in [1.82, 2.24) is 4.90 Å². The number of rotatable bonds is 3. The largest absolute Gasteiger partial charge is 0.478 e. The monoisotopic (exact) mass is 290 g/mol. The molecule has 0 saturated heterocycles. The van der Waals surface area contributed by atoms with E-state index in [0.717, 1.165) is 24.1 Å². The Hall–Kier alpha value is -2.04. The Morgan fingerprint density at radius 3 is 2.62 bits per heavy atom. The number of hydrogen-bond donors (Lipinski definition) is 1. The van der Waals surface area contributed by atoms with Gasteiger partial charge in [-0.15, -0.1) is 0 Å². The fraction of sp³-hybridized carbons (Fsp3) is 0.500. The van der Waals surface area contributed by atoms with Gasteiger partial charge in [0.25, 0.3) is 0 Å². The molecule has 0 atom stereocenters. The van der Waals surface area contributed by atoms with Crippen molar-refractivity contribution in [3.05, 3.63) is 29.3 Å². The minimum absolute atomic E-state index is 0.0804. The van der Waals surface area contributed by atoms with Crippen molar-refractivity contribution in [2.24, 2.45) is 0 Å². The number of carbonyl (C=O) groups excluding carboxylic acids is 1. The highest BCUT2D eigenvalue weighted by Gasteiger charge is 2.33. The van der Waals surface area contributed by atoms with Crippen LogP contribution in [0.25, 0.3) is 0 Å². The van der Waals surface area contributed by atoms with Gasteiger partial charge in [0.15, 0.2) is 0 Å². The first-order valence-corrected chi connectivity index (χ1v) is 7.19. The van der Waals surface area contributed by atoms with E-state index in [0.29, 0.717) is 6.54 Å². The van der Waals surface area contributed by atoms with E-state index in [1.807, 2.05) is 20.8 Å². The molecule has 114 valence electrons. The summed E-state index contributed by atoms with van der Waals surface area (Å²) < 4.78 is 0. The van der Waals surface area contributed by atoms with Crippen LogP contribution in [-0.4, -0.2) is 41.1 Å². The van der Waals surface area contributed by atoms with E-state index < -0.39 is 5.97 Å². The summed E-state index contributed by atoms with van der Waals surface area (Å²) in [6.45, 7) is 6.69. The van der Waals surface area contributed by atoms with Gasteiger partial charge < -0.3 is 10.0 Å². The first-order valence-electron chi connectivity index (χ1n) is 7.19. The Morgan fingerprint density at radius 2 is 2.05 bits per heavy atom. The molecule has 0 aliphatic carbocycles. The fourth-order valence-corrected chi connectivity index (χ4v) is 2.39. The Kier molecular flexibility index (Phi) is 3.94. The van der Waals surface area contributed by atoms with Crippen molar-refractivity contribution in [2.45, 2.75) is 39.2 Å². The lowest BCUT2D eigenvalue weighted by molar-refractivity contribution is 0.0696. The minimum Gasteiger partial charge on any atom is -0.478 e. The number of carboxylic acid groups (broad SMARTS) is 1. The maximum Gasteiger partial charge on any atom is 0.335 e. The molecule has 0 bridgehead atoms. The highest BCUT2D eigenvalue weighted by Crippen LogP contribution is 2.31. The van der Waals surface area contributed by atoms with E-state index in [1.165, 1.54) is 0 Å². The van der Waals surface area contributed by atoms with Crippen LogP contribution in [0.15, 0.2) is 18.2 Å². The molecule has 5 heteroatoms. The van der Waals surface area contributed by atoms with Gasteiger partial charge in [-0.1, -0.05) is 13.0 Å². The third kappa shape index (κ3) is 2.73. The van der Waals surface area contributed by atoms with Gasteiger partial charge >= 0.3 is 12.0 Å². The third-order valence-corrected chi connectivity index (χ3v) is 4.52. The van der Waals surface area contributed by atoms with Gasteiger partial charge in [-0.05, 0) is 44.4 Å². The Balaban J connectivity index is 2.32. The lowest BCUT2D eigenvalue weighted by Crippen LogP contribution is -2.50. The summed E-state index contributed by atoms with van der Waals surface area (Å²) in [4.78, 5) is 27.2. The van der Waals surface area contributed by atoms with Crippen molar-refractivity contribution in [2.75, 3.05) is 18.5 Å². The Morgan fingerprint density at radius 1 is 1.38 bits per heavy atom. The van der Waals surface area contributed by atoms with Crippen LogP contribution in [0.4, 0.5) is 10.5 Å². The average molecular weight is 290 g/mol. The van der Waals surface area contributed by atoms with Crippen LogP contribution in [0.2, 0.25) is 0 Å². The molecule has 0 saturated carbocycles. The topological polar surface area (TPSA) is 60.9 Å². The molecule has 0 unspecified atom stereocenters. The summed E-state index contributed by atoms with van der Waals surface area (Å²) >= 11 is 0. The zero-order chi connectivity index (χ0) is 15.8. The van der Waals surface area contributed by atoms with Crippen molar-refractivity contribution < 1.29 is 14.7 Å². The van der Waals surface area contributed by atoms with Gasteiger partial charge in [0.1, 0.15) is 0 Å². The maximum absolute atomic E-state index is 12.7. The van der Waals surface area contributed by atoms with Gasteiger partial charge in [-0.2, -0.15) is 0 Å². The SMILES string of the molecule is CCC(C)(C)N(C)C(=O)N1CCc2ccc(C(=O)O)cc21. The molecule has 2 amide bonds. The number of hydrogen-bond acceptors (Lipinski definition) is 2. The average Bonchev–Trinajstić information content (AvgIpc) is 2.88. The van der Waals surface area contributed by atoms with Gasteiger partial charge in [0.05, 0.1) is 5.56 Å². The molecule has 1 heterocycles. The van der Waals surface area contributed by atoms with Gasteiger partial charge in [-0.25, -0.2) is 9.59 Å². The molecule has 0 radical (unpaired) electrons. The first-order chi connectivity index (χ1) is 9.77. The van der Waals surface area contributed by atoms with E-state index in [4.69, 9.17) is 5.11 Å². The van der Waals surface area contributed by atoms with Crippen molar-refractivity contribution in [3.8, 4) is 0 Å². The molecule has 5 nitrogen and oxygen atoms in total. The van der Waals surface area contributed by atoms with E-state index in [1.54, 1.807) is 35.0 Å². The summed E-state index contributed by atoms with van der Waals surface area (Å²) in [5, 5.41) is 9.10. The van der Waals surface area contributed by atoms with Crippen LogP contribution in [0.3, 0.4) is 0 Å². The molecule has 1 aliphatic rings. The number of benzene rings is 1. The molecule has 0 fully saturated rings. The Bertz CT molecular complexity index is 581. The van der Waals surface area contributed by atoms with Gasteiger partial charge in [-0.3, -0.25) is 4.90 Å². The van der Waals surface area contributed by atoms with E-state index in [-0.39, 0.29) is 17.1 Å². The summed E-state index contributed by atoms with van der Waals surface area (Å²) in [6.07, 6.45) is 1.62. The van der Waals surface area contributed by atoms with Gasteiger partial charge in [0.2, 0.25) is 0 Å². The van der Waals surface area contributed by atoms with Crippen molar-refractivity contribution in [3.63, 3.8) is 0 Å². The van der Waals surface area contributed by atoms with Crippen LogP contribution < -0.4 is 4.90 Å². The first kappa shape index (κ1) is 15.4. The van der Waals surface area contributed by atoms with Crippen LogP contribution in [-0.2, 0) is 6.42 Å². The van der Waals surface area contributed by atoms with Crippen LogP contribution in [0.5, 0.6) is 0 Å². The number of nitrogens with zero attached hydrogens (tertiary/aromatic N) is 2.